The summed E-state index contributed by atoms with van der Waals surface area (Å²) in [5.74, 6) is 1.49. The van der Waals surface area contributed by atoms with Crippen molar-refractivity contribution in [2.75, 3.05) is 27.8 Å². The Hall–Kier alpha value is -2.27. The summed E-state index contributed by atoms with van der Waals surface area (Å²) in [5, 5.41) is 7.33. The van der Waals surface area contributed by atoms with Gasteiger partial charge in [-0.05, 0) is 49.6 Å². The second kappa shape index (κ2) is 11.9. The van der Waals surface area contributed by atoms with Crippen LogP contribution in [0.3, 0.4) is 0 Å². The second-order valence-electron chi connectivity index (χ2n) is 7.78. The third-order valence-electron chi connectivity index (χ3n) is 5.67. The molecule has 3 rings (SSSR count). The maximum Gasteiger partial charge on any atom is 0.161 e. The number of allylic oxidation sites excluding steroid dienone is 4. The molecule has 0 spiro atoms. The molecule has 2 aromatic carbocycles. The fourth-order valence-corrected chi connectivity index (χ4v) is 4.12. The lowest BCUT2D eigenvalue weighted by atomic mass is 9.94. The van der Waals surface area contributed by atoms with Gasteiger partial charge in [-0.2, -0.15) is 0 Å². The molecule has 4 nitrogen and oxygen atoms in total. The zero-order valence-corrected chi connectivity index (χ0v) is 19.4. The third kappa shape index (κ3) is 6.60. The summed E-state index contributed by atoms with van der Waals surface area (Å²) in [4.78, 5) is 0. The van der Waals surface area contributed by atoms with E-state index in [2.05, 4.69) is 71.3 Å². The van der Waals surface area contributed by atoms with Gasteiger partial charge in [0.05, 0.1) is 19.6 Å². The van der Waals surface area contributed by atoms with Crippen molar-refractivity contribution in [3.8, 4) is 11.5 Å². The molecule has 0 saturated heterocycles. The van der Waals surface area contributed by atoms with Gasteiger partial charge in [0.25, 0.3) is 0 Å². The van der Waals surface area contributed by atoms with E-state index in [1.54, 1.807) is 14.2 Å². The molecule has 3 atom stereocenters. The average Bonchev–Trinajstić information content (AvgIpc) is 2.82. The van der Waals surface area contributed by atoms with Crippen LogP contribution < -0.4 is 20.1 Å². The minimum absolute atomic E-state index is 0.113. The quantitative estimate of drug-likeness (QED) is 0.448. The molecule has 0 heterocycles. The lowest BCUT2D eigenvalue weighted by Crippen LogP contribution is -2.33. The van der Waals surface area contributed by atoms with Crippen molar-refractivity contribution < 1.29 is 9.47 Å². The highest BCUT2D eigenvalue weighted by atomic mass is 35.5. The first kappa shape index (κ1) is 23.4. The van der Waals surface area contributed by atoms with Crippen LogP contribution in [-0.2, 0) is 0 Å². The molecule has 0 aromatic heterocycles. The number of benzene rings is 2. The number of nitrogens with one attached hydrogen (secondary N) is 2. The molecule has 1 unspecified atom stereocenters. The van der Waals surface area contributed by atoms with E-state index >= 15 is 0 Å². The molecule has 2 N–H and O–H groups in total. The van der Waals surface area contributed by atoms with E-state index in [1.165, 1.54) is 16.7 Å². The molecule has 166 valence electrons. The van der Waals surface area contributed by atoms with Crippen molar-refractivity contribution in [1.29, 1.82) is 0 Å². The molecule has 31 heavy (non-hydrogen) atoms. The van der Waals surface area contributed by atoms with Crippen molar-refractivity contribution in [1.82, 2.24) is 10.6 Å². The van der Waals surface area contributed by atoms with E-state index in [-0.39, 0.29) is 17.5 Å². The van der Waals surface area contributed by atoms with E-state index in [1.807, 2.05) is 13.1 Å². The van der Waals surface area contributed by atoms with Gasteiger partial charge < -0.3 is 20.1 Å². The Morgan fingerprint density at radius 1 is 1.00 bits per heavy atom. The molecule has 0 bridgehead atoms. The zero-order valence-electron chi connectivity index (χ0n) is 18.6. The molecule has 0 saturated carbocycles. The van der Waals surface area contributed by atoms with E-state index < -0.39 is 0 Å². The molecular weight excluding hydrogens is 408 g/mol. The first-order chi connectivity index (χ1) is 15.1. The monoisotopic (exact) mass is 440 g/mol. The summed E-state index contributed by atoms with van der Waals surface area (Å²) >= 11 is 6.20. The molecule has 1 aliphatic carbocycles. The largest absolute Gasteiger partial charge is 0.493 e. The smallest absolute Gasteiger partial charge is 0.161 e. The highest BCUT2D eigenvalue weighted by Gasteiger charge is 2.20. The van der Waals surface area contributed by atoms with Gasteiger partial charge in [0.15, 0.2) is 11.5 Å². The van der Waals surface area contributed by atoms with Crippen LogP contribution in [0.4, 0.5) is 0 Å². The normalized spacial score (nSPS) is 17.7. The fourth-order valence-electron chi connectivity index (χ4n) is 3.96. The Morgan fingerprint density at radius 2 is 1.77 bits per heavy atom. The molecule has 0 fully saturated rings. The van der Waals surface area contributed by atoms with Gasteiger partial charge in [-0.3, -0.25) is 0 Å². The summed E-state index contributed by atoms with van der Waals surface area (Å²) in [6.45, 7) is 0.838. The van der Waals surface area contributed by atoms with Crippen LogP contribution in [0.1, 0.15) is 42.5 Å². The van der Waals surface area contributed by atoms with E-state index in [4.69, 9.17) is 21.1 Å². The summed E-state index contributed by atoms with van der Waals surface area (Å²) in [7, 11) is 5.33. The summed E-state index contributed by atoms with van der Waals surface area (Å²) in [6, 6.07) is 17.1. The summed E-state index contributed by atoms with van der Waals surface area (Å²) in [5.41, 5.74) is 3.79. The number of hydrogen-bond acceptors (Lipinski definition) is 4. The lowest BCUT2D eigenvalue weighted by molar-refractivity contribution is 0.352. The molecule has 5 heteroatoms. The molecule has 0 aliphatic heterocycles. The predicted octanol–water partition coefficient (Wildman–Crippen LogP) is 5.57. The Bertz CT molecular complexity index is 882. The SMILES string of the molecule is CNC[C@H](N[C@@H](CCC1=CCC(Cl)C=C1)c1ccc(OC)c(OC)c1)c1ccccc1. The zero-order chi connectivity index (χ0) is 22.1. The fraction of sp³-hybridized carbons (Fsp3) is 0.385. The highest BCUT2D eigenvalue weighted by Crippen LogP contribution is 2.33. The molecule has 1 aliphatic rings. The van der Waals surface area contributed by atoms with Gasteiger partial charge in [0.1, 0.15) is 0 Å². The van der Waals surface area contributed by atoms with Gasteiger partial charge in [0.2, 0.25) is 0 Å². The van der Waals surface area contributed by atoms with E-state index in [0.717, 1.165) is 37.3 Å². The van der Waals surface area contributed by atoms with Crippen LogP contribution >= 0.6 is 11.6 Å². The first-order valence-corrected chi connectivity index (χ1v) is 11.3. The minimum Gasteiger partial charge on any atom is -0.493 e. The second-order valence-corrected chi connectivity index (χ2v) is 8.34. The van der Waals surface area contributed by atoms with Crippen LogP contribution in [-0.4, -0.2) is 33.2 Å². The molecule has 0 radical (unpaired) electrons. The van der Waals surface area contributed by atoms with Crippen LogP contribution in [0.5, 0.6) is 11.5 Å². The number of alkyl halides is 1. The number of likely N-dealkylation sites (N-methyl/N-ethyl adjacent to an activating group) is 1. The topological polar surface area (TPSA) is 42.5 Å². The van der Waals surface area contributed by atoms with Crippen molar-refractivity contribution in [3.63, 3.8) is 0 Å². The van der Waals surface area contributed by atoms with Crippen molar-refractivity contribution in [2.24, 2.45) is 0 Å². The molecule has 2 aromatic rings. The highest BCUT2D eigenvalue weighted by molar-refractivity contribution is 6.22. The Morgan fingerprint density at radius 3 is 2.42 bits per heavy atom. The van der Waals surface area contributed by atoms with Crippen molar-refractivity contribution >= 4 is 11.6 Å². The summed E-state index contributed by atoms with van der Waals surface area (Å²) in [6.07, 6.45) is 9.34. The minimum atomic E-state index is 0.113. The average molecular weight is 441 g/mol. The molecule has 0 amide bonds. The lowest BCUT2D eigenvalue weighted by Gasteiger charge is -2.28. The number of ether oxygens (including phenoxy) is 2. The van der Waals surface area contributed by atoms with Crippen LogP contribution in [0.25, 0.3) is 0 Å². The van der Waals surface area contributed by atoms with Crippen LogP contribution in [0, 0.1) is 0 Å². The van der Waals surface area contributed by atoms with Gasteiger partial charge in [-0.25, -0.2) is 0 Å². The van der Waals surface area contributed by atoms with Gasteiger partial charge in [-0.1, -0.05) is 60.2 Å². The van der Waals surface area contributed by atoms with Crippen molar-refractivity contribution in [3.05, 3.63) is 83.5 Å². The van der Waals surface area contributed by atoms with Gasteiger partial charge in [0, 0.05) is 18.6 Å². The van der Waals surface area contributed by atoms with Crippen molar-refractivity contribution in [2.45, 2.75) is 36.7 Å². The number of rotatable bonds is 11. The van der Waals surface area contributed by atoms with E-state index in [0.29, 0.717) is 0 Å². The predicted molar refractivity (Wildman–Crippen MR) is 129 cm³/mol. The van der Waals surface area contributed by atoms with Gasteiger partial charge >= 0.3 is 0 Å². The first-order valence-electron chi connectivity index (χ1n) is 10.8. The number of hydrogen-bond donors (Lipinski definition) is 2. The van der Waals surface area contributed by atoms with E-state index in [9.17, 15) is 0 Å². The maximum atomic E-state index is 6.20. The third-order valence-corrected chi connectivity index (χ3v) is 5.99. The van der Waals surface area contributed by atoms with Crippen LogP contribution in [0.2, 0.25) is 0 Å². The number of methoxy groups -OCH3 is 2. The Labute approximate surface area is 191 Å². The Balaban J connectivity index is 1.85. The van der Waals surface area contributed by atoms with Crippen LogP contribution in [0.15, 0.2) is 72.3 Å². The summed E-state index contributed by atoms with van der Waals surface area (Å²) < 4.78 is 11.0. The molecular formula is C26H33ClN2O2. The standard InChI is InChI=1S/C26H33ClN2O2/c1-28-18-24(20-7-5-4-6-8-20)29-23(15-11-19-9-13-22(27)14-10-19)21-12-16-25(30-2)26(17-21)31-3/h4-10,12-13,16-17,22-24,28-29H,11,14-15,18H2,1-3H3/t22?,23-,24-/m0/s1. The number of halogens is 1. The maximum absolute atomic E-state index is 6.20. The van der Waals surface area contributed by atoms with Gasteiger partial charge in [-0.15, -0.1) is 11.6 Å². The Kier molecular flexibility index (Phi) is 9.01.